The number of nitrogens with one attached hydrogen (secondary N) is 2. The summed E-state index contributed by atoms with van der Waals surface area (Å²) in [4.78, 5) is 34.8. The molecule has 2 amide bonds. The van der Waals surface area contributed by atoms with Crippen molar-refractivity contribution in [2.75, 3.05) is 17.7 Å². The van der Waals surface area contributed by atoms with E-state index in [-0.39, 0.29) is 11.9 Å². The van der Waals surface area contributed by atoms with Crippen molar-refractivity contribution in [2.45, 2.75) is 64.9 Å². The summed E-state index contributed by atoms with van der Waals surface area (Å²) in [5, 5.41) is 5.46. The Labute approximate surface area is 160 Å². The molecule has 0 heterocycles. The number of unbranched alkanes of at least 4 members (excludes halogenated alkanes) is 3. The summed E-state index contributed by atoms with van der Waals surface area (Å²) in [6.45, 7) is 5.37. The van der Waals surface area contributed by atoms with Gasteiger partial charge in [0.15, 0.2) is 0 Å². The molecule has 1 rings (SSSR count). The SMILES string of the molecule is COC(=O)CCCCCCC(=O)Nc1cccc(NC(=O)OC(C)(C)C)c1. The number of amides is 2. The smallest absolute Gasteiger partial charge is 0.412 e. The van der Waals surface area contributed by atoms with Gasteiger partial charge in [-0.2, -0.15) is 0 Å². The Hall–Kier alpha value is -2.57. The summed E-state index contributed by atoms with van der Waals surface area (Å²) in [7, 11) is 1.38. The first-order chi connectivity index (χ1) is 12.7. The predicted octanol–water partition coefficient (Wildman–Crippen LogP) is 4.49. The van der Waals surface area contributed by atoms with Gasteiger partial charge in [-0.05, 0) is 51.8 Å². The first kappa shape index (κ1) is 22.5. The first-order valence-corrected chi connectivity index (χ1v) is 9.16. The lowest BCUT2D eigenvalue weighted by Gasteiger charge is -2.19. The molecule has 2 N–H and O–H groups in total. The summed E-state index contributed by atoms with van der Waals surface area (Å²) in [6.07, 6.45) is 3.57. The molecule has 0 saturated heterocycles. The highest BCUT2D eigenvalue weighted by Gasteiger charge is 2.16. The van der Waals surface area contributed by atoms with Crippen molar-refractivity contribution in [1.82, 2.24) is 0 Å². The van der Waals surface area contributed by atoms with Crippen LogP contribution < -0.4 is 10.6 Å². The van der Waals surface area contributed by atoms with Gasteiger partial charge in [0.05, 0.1) is 7.11 Å². The van der Waals surface area contributed by atoms with E-state index < -0.39 is 11.7 Å². The molecule has 150 valence electrons. The lowest BCUT2D eigenvalue weighted by molar-refractivity contribution is -0.140. The van der Waals surface area contributed by atoms with Crippen LogP contribution in [0.25, 0.3) is 0 Å². The van der Waals surface area contributed by atoms with Crippen LogP contribution in [0.3, 0.4) is 0 Å². The normalized spacial score (nSPS) is 10.8. The molecule has 0 saturated carbocycles. The van der Waals surface area contributed by atoms with Crippen LogP contribution in [0.2, 0.25) is 0 Å². The molecule has 1 aromatic carbocycles. The molecule has 1 aromatic rings. The maximum Gasteiger partial charge on any atom is 0.412 e. The second-order valence-electron chi connectivity index (χ2n) is 7.25. The summed E-state index contributed by atoms with van der Waals surface area (Å²) >= 11 is 0. The quantitative estimate of drug-likeness (QED) is 0.488. The van der Waals surface area contributed by atoms with E-state index in [0.29, 0.717) is 24.2 Å². The molecule has 0 unspecified atom stereocenters. The van der Waals surface area contributed by atoms with E-state index in [1.807, 2.05) is 0 Å². The lowest BCUT2D eigenvalue weighted by atomic mass is 10.1. The van der Waals surface area contributed by atoms with Crippen LogP contribution in [-0.2, 0) is 19.1 Å². The van der Waals surface area contributed by atoms with Gasteiger partial charge in [-0.3, -0.25) is 14.9 Å². The number of rotatable bonds is 9. The molecule has 0 aromatic heterocycles. The molecule has 0 bridgehead atoms. The van der Waals surface area contributed by atoms with Crippen molar-refractivity contribution >= 4 is 29.3 Å². The van der Waals surface area contributed by atoms with Crippen LogP contribution in [0.1, 0.15) is 59.3 Å². The summed E-state index contributed by atoms with van der Waals surface area (Å²) < 4.78 is 9.79. The Bertz CT molecular complexity index is 638. The van der Waals surface area contributed by atoms with Crippen LogP contribution >= 0.6 is 0 Å². The molecular weight excluding hydrogens is 348 g/mol. The molecule has 0 radical (unpaired) electrons. The number of benzene rings is 1. The van der Waals surface area contributed by atoms with Gasteiger partial charge in [-0.15, -0.1) is 0 Å². The minimum Gasteiger partial charge on any atom is -0.469 e. The van der Waals surface area contributed by atoms with Crippen LogP contribution in [0, 0.1) is 0 Å². The van der Waals surface area contributed by atoms with Gasteiger partial charge in [-0.1, -0.05) is 18.9 Å². The number of anilines is 2. The number of hydrogen-bond acceptors (Lipinski definition) is 5. The van der Waals surface area contributed by atoms with E-state index in [4.69, 9.17) is 4.74 Å². The van der Waals surface area contributed by atoms with Crippen molar-refractivity contribution < 1.29 is 23.9 Å². The zero-order valence-electron chi connectivity index (χ0n) is 16.6. The molecule has 0 aliphatic carbocycles. The molecular formula is C20H30N2O5. The third kappa shape index (κ3) is 10.9. The minimum atomic E-state index is -0.577. The van der Waals surface area contributed by atoms with Crippen molar-refractivity contribution in [1.29, 1.82) is 0 Å². The Kier molecular flexibility index (Phi) is 9.33. The average molecular weight is 378 g/mol. The number of carbonyl (C=O) groups is 3. The first-order valence-electron chi connectivity index (χ1n) is 9.16. The van der Waals surface area contributed by atoms with Gasteiger partial charge in [0.25, 0.3) is 0 Å². The largest absolute Gasteiger partial charge is 0.469 e. The second kappa shape index (κ2) is 11.2. The molecule has 0 aliphatic heterocycles. The van der Waals surface area contributed by atoms with E-state index in [9.17, 15) is 14.4 Å². The number of methoxy groups -OCH3 is 1. The maximum absolute atomic E-state index is 12.0. The molecule has 0 aliphatic rings. The Morgan fingerprint density at radius 1 is 0.926 bits per heavy atom. The second-order valence-corrected chi connectivity index (χ2v) is 7.25. The van der Waals surface area contributed by atoms with E-state index >= 15 is 0 Å². The van der Waals surface area contributed by atoms with Crippen molar-refractivity contribution in [3.8, 4) is 0 Å². The average Bonchev–Trinajstić information content (AvgIpc) is 2.56. The minimum absolute atomic E-state index is 0.0858. The van der Waals surface area contributed by atoms with Gasteiger partial charge < -0.3 is 14.8 Å². The van der Waals surface area contributed by atoms with E-state index in [0.717, 1.165) is 25.7 Å². The van der Waals surface area contributed by atoms with Gasteiger partial charge in [-0.25, -0.2) is 4.79 Å². The van der Waals surface area contributed by atoms with Gasteiger partial charge >= 0.3 is 12.1 Å². The summed E-state index contributed by atoms with van der Waals surface area (Å²) in [6, 6.07) is 6.91. The van der Waals surface area contributed by atoms with Crippen LogP contribution in [-0.4, -0.2) is 30.7 Å². The highest BCUT2D eigenvalue weighted by atomic mass is 16.6. The van der Waals surface area contributed by atoms with Crippen molar-refractivity contribution in [2.24, 2.45) is 0 Å². The fourth-order valence-corrected chi connectivity index (χ4v) is 2.33. The predicted molar refractivity (Wildman–Crippen MR) is 105 cm³/mol. The molecule has 0 fully saturated rings. The standard InChI is InChI=1S/C20H30N2O5/c1-20(2,3)27-19(25)22-16-11-9-10-15(14-16)21-17(23)12-7-5-6-8-13-18(24)26-4/h9-11,14H,5-8,12-13H2,1-4H3,(H,21,23)(H,22,25). The molecule has 27 heavy (non-hydrogen) atoms. The highest BCUT2D eigenvalue weighted by Crippen LogP contribution is 2.17. The number of hydrogen-bond donors (Lipinski definition) is 2. The van der Waals surface area contributed by atoms with Crippen LogP contribution in [0.5, 0.6) is 0 Å². The number of ether oxygens (including phenoxy) is 2. The van der Waals surface area contributed by atoms with E-state index in [2.05, 4.69) is 15.4 Å². The third-order valence-electron chi connectivity index (χ3n) is 3.55. The topological polar surface area (TPSA) is 93.7 Å². The van der Waals surface area contributed by atoms with Gasteiger partial charge in [0.1, 0.15) is 5.60 Å². The number of esters is 1. The Balaban J connectivity index is 2.34. The third-order valence-corrected chi connectivity index (χ3v) is 3.55. The molecule has 0 atom stereocenters. The van der Waals surface area contributed by atoms with Crippen molar-refractivity contribution in [3.05, 3.63) is 24.3 Å². The fourth-order valence-electron chi connectivity index (χ4n) is 2.33. The van der Waals surface area contributed by atoms with Gasteiger partial charge in [0, 0.05) is 24.2 Å². The summed E-state index contributed by atoms with van der Waals surface area (Å²) in [5.41, 5.74) is 0.580. The van der Waals surface area contributed by atoms with E-state index in [1.165, 1.54) is 7.11 Å². The monoisotopic (exact) mass is 378 g/mol. The zero-order valence-corrected chi connectivity index (χ0v) is 16.6. The maximum atomic E-state index is 12.0. The lowest BCUT2D eigenvalue weighted by Crippen LogP contribution is -2.27. The fraction of sp³-hybridized carbons (Fsp3) is 0.550. The highest BCUT2D eigenvalue weighted by molar-refractivity contribution is 5.92. The summed E-state index contributed by atoms with van der Waals surface area (Å²) in [5.74, 6) is -0.287. The molecule has 7 nitrogen and oxygen atoms in total. The van der Waals surface area contributed by atoms with Crippen LogP contribution in [0.15, 0.2) is 24.3 Å². The Morgan fingerprint density at radius 2 is 1.52 bits per heavy atom. The molecule has 7 heteroatoms. The Morgan fingerprint density at radius 3 is 2.11 bits per heavy atom. The number of carbonyl (C=O) groups excluding carboxylic acids is 3. The van der Waals surface area contributed by atoms with Crippen LogP contribution in [0.4, 0.5) is 16.2 Å². The zero-order chi connectivity index (χ0) is 20.3. The molecule has 0 spiro atoms. The van der Waals surface area contributed by atoms with Crippen molar-refractivity contribution in [3.63, 3.8) is 0 Å². The van der Waals surface area contributed by atoms with Gasteiger partial charge in [0.2, 0.25) is 5.91 Å². The van der Waals surface area contributed by atoms with E-state index in [1.54, 1.807) is 45.0 Å².